The molecule has 0 fully saturated rings. The van der Waals surface area contributed by atoms with Crippen molar-refractivity contribution in [2.24, 2.45) is 0 Å². The molecule has 1 heterocycles. The molecular weight excluding hydrogens is 386 g/mol. The van der Waals surface area contributed by atoms with Gasteiger partial charge >= 0.3 is 11.9 Å². The highest BCUT2D eigenvalue weighted by Gasteiger charge is 2.23. The molecule has 0 aliphatic heterocycles. The van der Waals surface area contributed by atoms with Gasteiger partial charge in [0.25, 0.3) is 0 Å². The van der Waals surface area contributed by atoms with Gasteiger partial charge in [-0.25, -0.2) is 9.59 Å². The Morgan fingerprint density at radius 1 is 1.11 bits per heavy atom. The largest absolute Gasteiger partial charge is 0.493 e. The van der Waals surface area contributed by atoms with Gasteiger partial charge in [0.15, 0.2) is 17.2 Å². The zero-order valence-electron chi connectivity index (χ0n) is 15.1. The van der Waals surface area contributed by atoms with Crippen LogP contribution in [0.15, 0.2) is 42.5 Å². The van der Waals surface area contributed by atoms with Gasteiger partial charge in [0.05, 0.1) is 24.3 Å². The molecule has 0 amide bonds. The van der Waals surface area contributed by atoms with Gasteiger partial charge < -0.3 is 14.2 Å². The molecule has 0 saturated carbocycles. The monoisotopic (exact) mass is 401 g/mol. The molecule has 28 heavy (non-hydrogen) atoms. The van der Waals surface area contributed by atoms with Crippen molar-refractivity contribution in [3.63, 3.8) is 0 Å². The average Bonchev–Trinajstić information content (AvgIpc) is 3.20. The Kier molecular flexibility index (Phi) is 5.90. The van der Waals surface area contributed by atoms with Crippen LogP contribution in [-0.2, 0) is 4.74 Å². The Bertz CT molecular complexity index is 1000. The third-order valence-corrected chi connectivity index (χ3v) is 4.00. The lowest BCUT2D eigenvalue weighted by Gasteiger charge is -2.13. The van der Waals surface area contributed by atoms with E-state index in [0.29, 0.717) is 11.1 Å². The standard InChI is InChI=1S/C19H16ClN3O5/c1-3-27-19(25)16-15(21-23-22-16)12-9-13(20)17(14(10-12)26-2)28-18(24)11-7-5-4-6-8-11/h4-10H,3H2,1-2H3,(H,21,22,23). The SMILES string of the molecule is CCOC(=O)c1n[nH]nc1-c1cc(Cl)c(OC(=O)c2ccccc2)c(OC)c1. The fourth-order valence-corrected chi connectivity index (χ4v) is 2.70. The van der Waals surface area contributed by atoms with E-state index in [1.165, 1.54) is 13.2 Å². The summed E-state index contributed by atoms with van der Waals surface area (Å²) < 4.78 is 15.7. The van der Waals surface area contributed by atoms with Crippen LogP contribution in [0.5, 0.6) is 11.5 Å². The zero-order chi connectivity index (χ0) is 20.1. The fraction of sp³-hybridized carbons (Fsp3) is 0.158. The highest BCUT2D eigenvalue weighted by atomic mass is 35.5. The van der Waals surface area contributed by atoms with Crippen LogP contribution >= 0.6 is 11.6 Å². The average molecular weight is 402 g/mol. The third-order valence-electron chi connectivity index (χ3n) is 3.72. The van der Waals surface area contributed by atoms with E-state index in [0.717, 1.165) is 0 Å². The minimum atomic E-state index is -0.624. The molecule has 0 atom stereocenters. The second kappa shape index (κ2) is 8.53. The number of hydrogen-bond acceptors (Lipinski definition) is 7. The van der Waals surface area contributed by atoms with E-state index in [-0.39, 0.29) is 34.5 Å². The summed E-state index contributed by atoms with van der Waals surface area (Å²) >= 11 is 6.32. The number of nitrogens with zero attached hydrogens (tertiary/aromatic N) is 2. The third kappa shape index (κ3) is 3.96. The predicted octanol–water partition coefficient (Wildman–Crippen LogP) is 3.53. The Labute approximate surface area is 165 Å². The Morgan fingerprint density at radius 3 is 2.54 bits per heavy atom. The van der Waals surface area contributed by atoms with Crippen molar-refractivity contribution in [3.8, 4) is 22.8 Å². The summed E-state index contributed by atoms with van der Waals surface area (Å²) in [4.78, 5) is 24.4. The van der Waals surface area contributed by atoms with Crippen molar-refractivity contribution in [2.45, 2.75) is 6.92 Å². The number of halogens is 1. The molecule has 0 aliphatic carbocycles. The molecule has 9 heteroatoms. The van der Waals surface area contributed by atoms with E-state index in [1.54, 1.807) is 43.3 Å². The first-order valence-electron chi connectivity index (χ1n) is 8.28. The number of aromatic amines is 1. The molecule has 0 aliphatic rings. The highest BCUT2D eigenvalue weighted by Crippen LogP contribution is 2.40. The summed E-state index contributed by atoms with van der Waals surface area (Å²) in [6, 6.07) is 11.5. The van der Waals surface area contributed by atoms with Crippen molar-refractivity contribution in [2.75, 3.05) is 13.7 Å². The lowest BCUT2D eigenvalue weighted by Crippen LogP contribution is -2.10. The second-order valence-electron chi connectivity index (χ2n) is 5.49. The van der Waals surface area contributed by atoms with Gasteiger partial charge in [-0.15, -0.1) is 5.10 Å². The summed E-state index contributed by atoms with van der Waals surface area (Å²) in [6.45, 7) is 1.89. The first kappa shape index (κ1) is 19.4. The van der Waals surface area contributed by atoms with E-state index in [2.05, 4.69) is 15.4 Å². The minimum absolute atomic E-state index is 0.00833. The van der Waals surface area contributed by atoms with E-state index in [9.17, 15) is 9.59 Å². The molecule has 0 spiro atoms. The Hall–Kier alpha value is -3.39. The molecular formula is C19H16ClN3O5. The van der Waals surface area contributed by atoms with Crippen molar-refractivity contribution >= 4 is 23.5 Å². The van der Waals surface area contributed by atoms with Crippen molar-refractivity contribution in [1.29, 1.82) is 0 Å². The highest BCUT2D eigenvalue weighted by molar-refractivity contribution is 6.32. The molecule has 1 aromatic heterocycles. The van der Waals surface area contributed by atoms with E-state index in [1.807, 2.05) is 0 Å². The summed E-state index contributed by atoms with van der Waals surface area (Å²) in [5, 5.41) is 10.3. The van der Waals surface area contributed by atoms with Crippen molar-refractivity contribution in [3.05, 3.63) is 58.7 Å². The van der Waals surface area contributed by atoms with Crippen LogP contribution in [0.2, 0.25) is 5.02 Å². The van der Waals surface area contributed by atoms with Gasteiger partial charge in [-0.2, -0.15) is 10.3 Å². The molecule has 0 saturated heterocycles. The first-order chi connectivity index (χ1) is 13.5. The normalized spacial score (nSPS) is 10.4. The zero-order valence-corrected chi connectivity index (χ0v) is 15.8. The van der Waals surface area contributed by atoms with Gasteiger partial charge in [0.2, 0.25) is 0 Å². The number of carbonyl (C=O) groups excluding carboxylic acids is 2. The number of esters is 2. The van der Waals surface area contributed by atoms with E-state index < -0.39 is 11.9 Å². The van der Waals surface area contributed by atoms with Crippen molar-refractivity contribution in [1.82, 2.24) is 15.4 Å². The summed E-state index contributed by atoms with van der Waals surface area (Å²) in [5.74, 6) is -0.948. The fourth-order valence-electron chi connectivity index (χ4n) is 2.46. The van der Waals surface area contributed by atoms with Crippen LogP contribution in [-0.4, -0.2) is 41.1 Å². The summed E-state index contributed by atoms with van der Waals surface area (Å²) in [5.41, 5.74) is 1.05. The molecule has 8 nitrogen and oxygen atoms in total. The van der Waals surface area contributed by atoms with Crippen LogP contribution in [0.4, 0.5) is 0 Å². The number of H-pyrrole nitrogens is 1. The van der Waals surface area contributed by atoms with E-state index in [4.69, 9.17) is 25.8 Å². The van der Waals surface area contributed by atoms with Gasteiger partial charge in [-0.05, 0) is 31.2 Å². The van der Waals surface area contributed by atoms with Gasteiger partial charge in [-0.1, -0.05) is 29.8 Å². The Balaban J connectivity index is 1.96. The van der Waals surface area contributed by atoms with Crippen LogP contribution in [0.3, 0.4) is 0 Å². The van der Waals surface area contributed by atoms with Gasteiger partial charge in [0.1, 0.15) is 5.69 Å². The number of benzene rings is 2. The lowest BCUT2D eigenvalue weighted by atomic mass is 10.1. The predicted molar refractivity (Wildman–Crippen MR) is 101 cm³/mol. The van der Waals surface area contributed by atoms with Gasteiger partial charge in [-0.3, -0.25) is 0 Å². The van der Waals surface area contributed by atoms with Crippen molar-refractivity contribution < 1.29 is 23.8 Å². The van der Waals surface area contributed by atoms with Crippen LogP contribution in [0, 0.1) is 0 Å². The molecule has 0 bridgehead atoms. The molecule has 144 valence electrons. The van der Waals surface area contributed by atoms with E-state index >= 15 is 0 Å². The number of hydrogen-bond donors (Lipinski definition) is 1. The number of carbonyl (C=O) groups is 2. The first-order valence-corrected chi connectivity index (χ1v) is 8.66. The number of ether oxygens (including phenoxy) is 3. The molecule has 3 aromatic rings. The van der Waals surface area contributed by atoms with Crippen LogP contribution in [0.25, 0.3) is 11.3 Å². The summed E-state index contributed by atoms with van der Waals surface area (Å²) in [6.07, 6.45) is 0. The quantitative estimate of drug-likeness (QED) is 0.497. The molecule has 3 rings (SSSR count). The molecule has 2 aromatic carbocycles. The number of nitrogens with one attached hydrogen (secondary N) is 1. The second-order valence-corrected chi connectivity index (χ2v) is 5.89. The minimum Gasteiger partial charge on any atom is -0.493 e. The maximum atomic E-state index is 12.3. The maximum Gasteiger partial charge on any atom is 0.361 e. The Morgan fingerprint density at radius 2 is 1.86 bits per heavy atom. The molecule has 0 radical (unpaired) electrons. The molecule has 0 unspecified atom stereocenters. The number of methoxy groups -OCH3 is 1. The molecule has 1 N–H and O–H groups in total. The number of aromatic nitrogens is 3. The topological polar surface area (TPSA) is 103 Å². The smallest absolute Gasteiger partial charge is 0.361 e. The number of rotatable bonds is 6. The van der Waals surface area contributed by atoms with Gasteiger partial charge in [0, 0.05) is 5.56 Å². The van der Waals surface area contributed by atoms with Crippen LogP contribution < -0.4 is 9.47 Å². The summed E-state index contributed by atoms with van der Waals surface area (Å²) in [7, 11) is 1.41. The van der Waals surface area contributed by atoms with Crippen LogP contribution in [0.1, 0.15) is 27.8 Å². The lowest BCUT2D eigenvalue weighted by molar-refractivity contribution is 0.0520. The maximum absolute atomic E-state index is 12.3.